The maximum atomic E-state index is 13.2. The van der Waals surface area contributed by atoms with Crippen molar-refractivity contribution in [3.05, 3.63) is 65.5 Å². The Hall–Kier alpha value is -1.76. The number of rotatable bonds is 6. The number of sulfonamides is 1. The van der Waals surface area contributed by atoms with Crippen molar-refractivity contribution < 1.29 is 17.9 Å². The van der Waals surface area contributed by atoms with Gasteiger partial charge in [0, 0.05) is 13.7 Å². The van der Waals surface area contributed by atoms with Crippen LogP contribution in [0.1, 0.15) is 23.6 Å². The van der Waals surface area contributed by atoms with Crippen molar-refractivity contribution in [1.82, 2.24) is 4.31 Å². The minimum Gasteiger partial charge on any atom is -0.396 e. The summed E-state index contributed by atoms with van der Waals surface area (Å²) in [5.41, 5.74) is 1.15. The molecule has 4 nitrogen and oxygen atoms in total. The van der Waals surface area contributed by atoms with Crippen LogP contribution >= 0.6 is 0 Å². The molecule has 0 aromatic heterocycles. The standard InChI is InChI=1S/C17H20FNO3S/c1-13-12-15(18)8-9-17(13)23(21,22)19(2)16(10-11-20)14-6-4-3-5-7-14/h3-9,12,16,20H,10-11H2,1-2H3. The lowest BCUT2D eigenvalue weighted by atomic mass is 10.0. The van der Waals surface area contributed by atoms with E-state index in [2.05, 4.69) is 0 Å². The Morgan fingerprint density at radius 3 is 2.39 bits per heavy atom. The molecule has 0 aliphatic rings. The second kappa shape index (κ2) is 7.21. The summed E-state index contributed by atoms with van der Waals surface area (Å²) in [5.74, 6) is -0.473. The maximum Gasteiger partial charge on any atom is 0.243 e. The zero-order valence-corrected chi connectivity index (χ0v) is 13.9. The minimum absolute atomic E-state index is 0.0697. The quantitative estimate of drug-likeness (QED) is 0.882. The molecule has 6 heteroatoms. The molecule has 0 fully saturated rings. The fraction of sp³-hybridized carbons (Fsp3) is 0.294. The first-order valence-electron chi connectivity index (χ1n) is 7.28. The van der Waals surface area contributed by atoms with Crippen LogP contribution in [0.25, 0.3) is 0 Å². The third kappa shape index (κ3) is 3.77. The molecule has 2 aromatic carbocycles. The highest BCUT2D eigenvalue weighted by molar-refractivity contribution is 7.89. The van der Waals surface area contributed by atoms with E-state index in [-0.39, 0.29) is 17.9 Å². The van der Waals surface area contributed by atoms with Crippen molar-refractivity contribution in [2.24, 2.45) is 0 Å². The van der Waals surface area contributed by atoms with E-state index in [0.29, 0.717) is 5.56 Å². The Morgan fingerprint density at radius 2 is 1.83 bits per heavy atom. The molecule has 0 saturated carbocycles. The van der Waals surface area contributed by atoms with E-state index >= 15 is 0 Å². The van der Waals surface area contributed by atoms with E-state index in [9.17, 15) is 17.9 Å². The molecule has 2 rings (SSSR count). The Balaban J connectivity index is 2.44. The average Bonchev–Trinajstić information content (AvgIpc) is 2.52. The summed E-state index contributed by atoms with van der Waals surface area (Å²) >= 11 is 0. The number of hydrogen-bond acceptors (Lipinski definition) is 3. The maximum absolute atomic E-state index is 13.2. The predicted molar refractivity (Wildman–Crippen MR) is 87.0 cm³/mol. The van der Waals surface area contributed by atoms with Gasteiger partial charge in [-0.05, 0) is 42.7 Å². The summed E-state index contributed by atoms with van der Waals surface area (Å²) < 4.78 is 40.2. The number of halogens is 1. The molecule has 1 unspecified atom stereocenters. The van der Waals surface area contributed by atoms with Gasteiger partial charge in [0.05, 0.1) is 10.9 Å². The number of hydrogen-bond donors (Lipinski definition) is 1. The Bertz CT molecular complexity index is 763. The molecule has 0 spiro atoms. The van der Waals surface area contributed by atoms with Crippen LogP contribution in [0.4, 0.5) is 4.39 Å². The highest BCUT2D eigenvalue weighted by atomic mass is 32.2. The lowest BCUT2D eigenvalue weighted by molar-refractivity contribution is 0.240. The summed E-state index contributed by atoms with van der Waals surface area (Å²) in [6, 6.07) is 12.3. The summed E-state index contributed by atoms with van der Waals surface area (Å²) in [6.45, 7) is 1.43. The van der Waals surface area contributed by atoms with Crippen molar-refractivity contribution in [3.8, 4) is 0 Å². The lowest BCUT2D eigenvalue weighted by Gasteiger charge is -2.28. The minimum atomic E-state index is -3.80. The first kappa shape index (κ1) is 17.6. The van der Waals surface area contributed by atoms with Crippen LogP contribution < -0.4 is 0 Å². The summed E-state index contributed by atoms with van der Waals surface area (Å²) in [6.07, 6.45) is 0.278. The van der Waals surface area contributed by atoms with Gasteiger partial charge >= 0.3 is 0 Å². The smallest absolute Gasteiger partial charge is 0.243 e. The van der Waals surface area contributed by atoms with E-state index in [1.165, 1.54) is 23.5 Å². The average molecular weight is 337 g/mol. The van der Waals surface area contributed by atoms with Gasteiger partial charge in [-0.1, -0.05) is 30.3 Å². The van der Waals surface area contributed by atoms with Crippen LogP contribution in [0.15, 0.2) is 53.4 Å². The van der Waals surface area contributed by atoms with E-state index in [4.69, 9.17) is 0 Å². The monoisotopic (exact) mass is 337 g/mol. The molecular formula is C17H20FNO3S. The normalized spacial score (nSPS) is 13.3. The van der Waals surface area contributed by atoms with Gasteiger partial charge < -0.3 is 5.11 Å². The lowest BCUT2D eigenvalue weighted by Crippen LogP contribution is -2.32. The van der Waals surface area contributed by atoms with Gasteiger partial charge in [0.1, 0.15) is 5.82 Å². The summed E-state index contributed by atoms with van der Waals surface area (Å²) in [4.78, 5) is 0.0697. The molecule has 0 saturated heterocycles. The number of aliphatic hydroxyl groups is 1. The van der Waals surface area contributed by atoms with Crippen molar-refractivity contribution in [2.75, 3.05) is 13.7 Å². The molecular weight excluding hydrogens is 317 g/mol. The molecule has 0 aliphatic heterocycles. The second-order valence-electron chi connectivity index (χ2n) is 5.37. The predicted octanol–water partition coefficient (Wildman–Crippen LogP) is 2.88. The Kier molecular flexibility index (Phi) is 5.51. The van der Waals surface area contributed by atoms with Gasteiger partial charge in [-0.2, -0.15) is 4.31 Å². The third-order valence-electron chi connectivity index (χ3n) is 3.82. The molecule has 23 heavy (non-hydrogen) atoms. The molecule has 0 amide bonds. The largest absolute Gasteiger partial charge is 0.396 e. The van der Waals surface area contributed by atoms with Crippen molar-refractivity contribution in [3.63, 3.8) is 0 Å². The zero-order chi connectivity index (χ0) is 17.0. The highest BCUT2D eigenvalue weighted by Crippen LogP contribution is 2.30. The van der Waals surface area contributed by atoms with Gasteiger partial charge in [0.25, 0.3) is 0 Å². The molecule has 1 N–H and O–H groups in total. The van der Waals surface area contributed by atoms with Crippen LogP contribution in [0.3, 0.4) is 0 Å². The Morgan fingerprint density at radius 1 is 1.17 bits per heavy atom. The molecule has 2 aromatic rings. The molecule has 0 heterocycles. The SMILES string of the molecule is Cc1cc(F)ccc1S(=O)(=O)N(C)C(CCO)c1ccccc1. The van der Waals surface area contributed by atoms with Gasteiger partial charge in [0.15, 0.2) is 0 Å². The number of benzene rings is 2. The van der Waals surface area contributed by atoms with Crippen LogP contribution in [0, 0.1) is 12.7 Å². The van der Waals surface area contributed by atoms with Crippen LogP contribution in [0.5, 0.6) is 0 Å². The van der Waals surface area contributed by atoms with Gasteiger partial charge in [-0.15, -0.1) is 0 Å². The molecule has 0 aliphatic carbocycles. The fourth-order valence-corrected chi connectivity index (χ4v) is 4.16. The van der Waals surface area contributed by atoms with E-state index in [1.54, 1.807) is 6.92 Å². The van der Waals surface area contributed by atoms with Gasteiger partial charge in [-0.25, -0.2) is 12.8 Å². The summed E-state index contributed by atoms with van der Waals surface area (Å²) in [5, 5.41) is 9.30. The Labute approximate surface area is 136 Å². The number of aliphatic hydroxyl groups excluding tert-OH is 1. The highest BCUT2D eigenvalue weighted by Gasteiger charge is 2.30. The van der Waals surface area contributed by atoms with Crippen molar-refractivity contribution in [2.45, 2.75) is 24.3 Å². The van der Waals surface area contributed by atoms with Crippen LogP contribution in [0.2, 0.25) is 0 Å². The fourth-order valence-electron chi connectivity index (χ4n) is 2.58. The van der Waals surface area contributed by atoms with Crippen LogP contribution in [-0.2, 0) is 10.0 Å². The topological polar surface area (TPSA) is 57.6 Å². The first-order valence-corrected chi connectivity index (χ1v) is 8.72. The zero-order valence-electron chi connectivity index (χ0n) is 13.1. The van der Waals surface area contributed by atoms with E-state index in [0.717, 1.165) is 11.6 Å². The second-order valence-corrected chi connectivity index (χ2v) is 7.34. The molecule has 0 bridgehead atoms. The first-order chi connectivity index (χ1) is 10.9. The summed E-state index contributed by atoms with van der Waals surface area (Å²) in [7, 11) is -2.32. The molecule has 0 radical (unpaired) electrons. The number of nitrogens with zero attached hydrogens (tertiary/aromatic N) is 1. The van der Waals surface area contributed by atoms with Crippen LogP contribution in [-0.4, -0.2) is 31.5 Å². The molecule has 124 valence electrons. The van der Waals surface area contributed by atoms with Gasteiger partial charge in [0.2, 0.25) is 10.0 Å². The molecule has 1 atom stereocenters. The van der Waals surface area contributed by atoms with E-state index in [1.807, 2.05) is 30.3 Å². The van der Waals surface area contributed by atoms with Crippen molar-refractivity contribution in [1.29, 1.82) is 0 Å². The van der Waals surface area contributed by atoms with E-state index < -0.39 is 21.9 Å². The third-order valence-corrected chi connectivity index (χ3v) is 5.85. The number of aryl methyl sites for hydroxylation is 1. The van der Waals surface area contributed by atoms with Crippen molar-refractivity contribution >= 4 is 10.0 Å². The van der Waals surface area contributed by atoms with Gasteiger partial charge in [-0.3, -0.25) is 0 Å².